The predicted molar refractivity (Wildman–Crippen MR) is 78.3 cm³/mol. The van der Waals surface area contributed by atoms with Crippen molar-refractivity contribution < 1.29 is 13.9 Å². The van der Waals surface area contributed by atoms with Gasteiger partial charge in [-0.05, 0) is 24.3 Å². The van der Waals surface area contributed by atoms with Crippen molar-refractivity contribution in [3.8, 4) is 11.5 Å². The molecule has 0 heterocycles. The molecule has 2 rings (SSSR count). The lowest BCUT2D eigenvalue weighted by Gasteiger charge is -2.10. The quantitative estimate of drug-likeness (QED) is 0.900. The van der Waals surface area contributed by atoms with Crippen molar-refractivity contribution in [2.75, 3.05) is 19.5 Å². The highest BCUT2D eigenvalue weighted by Crippen LogP contribution is 2.27. The average molecular weight is 296 g/mol. The van der Waals surface area contributed by atoms with E-state index in [-0.39, 0.29) is 5.82 Å². The van der Waals surface area contributed by atoms with Gasteiger partial charge in [-0.1, -0.05) is 17.7 Å². The van der Waals surface area contributed by atoms with E-state index in [2.05, 4.69) is 5.32 Å². The first-order valence-electron chi connectivity index (χ1n) is 6.04. The fourth-order valence-corrected chi connectivity index (χ4v) is 2.03. The number of nitrogens with one attached hydrogen (secondary N) is 1. The highest BCUT2D eigenvalue weighted by Gasteiger charge is 2.05. The maximum atomic E-state index is 13.8. The third-order valence-corrected chi connectivity index (χ3v) is 3.19. The Morgan fingerprint density at radius 2 is 1.90 bits per heavy atom. The van der Waals surface area contributed by atoms with E-state index in [1.54, 1.807) is 31.4 Å². The van der Waals surface area contributed by atoms with Crippen molar-refractivity contribution >= 4 is 17.3 Å². The SMILES string of the molecule is COc1ccc(CNc2ccc(OC)c(Cl)c2)c(F)c1. The zero-order valence-corrected chi connectivity index (χ0v) is 12.0. The van der Waals surface area contributed by atoms with Crippen LogP contribution in [0.4, 0.5) is 10.1 Å². The van der Waals surface area contributed by atoms with Gasteiger partial charge >= 0.3 is 0 Å². The summed E-state index contributed by atoms with van der Waals surface area (Å²) in [5.74, 6) is 0.794. The van der Waals surface area contributed by atoms with Gasteiger partial charge in [0.2, 0.25) is 0 Å². The van der Waals surface area contributed by atoms with E-state index < -0.39 is 0 Å². The van der Waals surface area contributed by atoms with E-state index in [9.17, 15) is 4.39 Å². The maximum absolute atomic E-state index is 13.8. The highest BCUT2D eigenvalue weighted by molar-refractivity contribution is 6.32. The Hall–Kier alpha value is -1.94. The largest absolute Gasteiger partial charge is 0.497 e. The van der Waals surface area contributed by atoms with Crippen LogP contribution in [0.2, 0.25) is 5.02 Å². The number of hydrogen-bond donors (Lipinski definition) is 1. The van der Waals surface area contributed by atoms with Gasteiger partial charge < -0.3 is 14.8 Å². The first kappa shape index (κ1) is 14.5. The second-order valence-corrected chi connectivity index (χ2v) is 4.57. The summed E-state index contributed by atoms with van der Waals surface area (Å²) >= 11 is 6.03. The fourth-order valence-electron chi connectivity index (χ4n) is 1.77. The van der Waals surface area contributed by atoms with Gasteiger partial charge in [-0.15, -0.1) is 0 Å². The van der Waals surface area contributed by atoms with Crippen molar-refractivity contribution in [1.82, 2.24) is 0 Å². The smallest absolute Gasteiger partial charge is 0.137 e. The molecule has 0 amide bonds. The number of anilines is 1. The molecule has 0 atom stereocenters. The topological polar surface area (TPSA) is 30.5 Å². The molecular weight excluding hydrogens is 281 g/mol. The summed E-state index contributed by atoms with van der Waals surface area (Å²) in [5, 5.41) is 3.62. The Morgan fingerprint density at radius 1 is 1.10 bits per heavy atom. The summed E-state index contributed by atoms with van der Waals surface area (Å²) in [4.78, 5) is 0. The monoisotopic (exact) mass is 295 g/mol. The molecule has 2 aromatic rings. The Bertz CT molecular complexity index is 604. The summed E-state index contributed by atoms with van der Waals surface area (Å²) in [6.45, 7) is 0.360. The van der Waals surface area contributed by atoms with Gasteiger partial charge in [-0.25, -0.2) is 4.39 Å². The second kappa shape index (κ2) is 6.48. The number of halogens is 2. The van der Waals surface area contributed by atoms with Gasteiger partial charge in [0.15, 0.2) is 0 Å². The third-order valence-electron chi connectivity index (χ3n) is 2.89. The lowest BCUT2D eigenvalue weighted by Crippen LogP contribution is -2.02. The van der Waals surface area contributed by atoms with Crippen LogP contribution in [0.5, 0.6) is 11.5 Å². The number of benzene rings is 2. The molecule has 3 nitrogen and oxygen atoms in total. The van der Waals surface area contributed by atoms with Gasteiger partial charge in [-0.2, -0.15) is 0 Å². The molecule has 0 saturated carbocycles. The van der Waals surface area contributed by atoms with Crippen LogP contribution in [-0.4, -0.2) is 14.2 Å². The van der Waals surface area contributed by atoms with Crippen LogP contribution in [0.25, 0.3) is 0 Å². The van der Waals surface area contributed by atoms with E-state index in [1.165, 1.54) is 13.2 Å². The van der Waals surface area contributed by atoms with Gasteiger partial charge in [-0.3, -0.25) is 0 Å². The molecule has 1 N–H and O–H groups in total. The second-order valence-electron chi connectivity index (χ2n) is 4.16. The zero-order chi connectivity index (χ0) is 14.5. The van der Waals surface area contributed by atoms with Crippen molar-refractivity contribution in [2.45, 2.75) is 6.54 Å². The molecule has 20 heavy (non-hydrogen) atoms. The van der Waals surface area contributed by atoms with Crippen LogP contribution < -0.4 is 14.8 Å². The van der Waals surface area contributed by atoms with E-state index in [4.69, 9.17) is 21.1 Å². The Balaban J connectivity index is 2.07. The molecule has 0 radical (unpaired) electrons. The number of methoxy groups -OCH3 is 2. The lowest BCUT2D eigenvalue weighted by molar-refractivity contribution is 0.411. The third kappa shape index (κ3) is 3.33. The van der Waals surface area contributed by atoms with Crippen LogP contribution in [0.1, 0.15) is 5.56 Å². The molecule has 2 aromatic carbocycles. The van der Waals surface area contributed by atoms with Crippen molar-refractivity contribution in [3.05, 3.63) is 52.8 Å². The summed E-state index contributed by atoms with van der Waals surface area (Å²) in [7, 11) is 3.06. The summed E-state index contributed by atoms with van der Waals surface area (Å²) in [5.41, 5.74) is 1.35. The molecule has 5 heteroatoms. The van der Waals surface area contributed by atoms with Gasteiger partial charge in [0, 0.05) is 23.9 Å². The molecule has 0 aromatic heterocycles. The van der Waals surface area contributed by atoms with Gasteiger partial charge in [0.1, 0.15) is 17.3 Å². The summed E-state index contributed by atoms with van der Waals surface area (Å²) in [6.07, 6.45) is 0. The summed E-state index contributed by atoms with van der Waals surface area (Å²) < 4.78 is 23.8. The Labute approximate surface area is 122 Å². The van der Waals surface area contributed by atoms with E-state index in [1.807, 2.05) is 6.07 Å². The minimum absolute atomic E-state index is 0.309. The number of hydrogen-bond acceptors (Lipinski definition) is 3. The Morgan fingerprint density at radius 3 is 2.50 bits per heavy atom. The van der Waals surface area contributed by atoms with Crippen LogP contribution in [0, 0.1) is 5.82 Å². The van der Waals surface area contributed by atoms with E-state index >= 15 is 0 Å². The minimum atomic E-state index is -0.309. The zero-order valence-electron chi connectivity index (χ0n) is 11.2. The molecule has 0 saturated heterocycles. The van der Waals surface area contributed by atoms with E-state index in [0.717, 1.165) is 5.69 Å². The van der Waals surface area contributed by atoms with Crippen LogP contribution in [0.3, 0.4) is 0 Å². The minimum Gasteiger partial charge on any atom is -0.497 e. The molecule has 0 spiro atoms. The van der Waals surface area contributed by atoms with Crippen molar-refractivity contribution in [1.29, 1.82) is 0 Å². The standard InChI is InChI=1S/C15H15ClFNO2/c1-19-12-5-3-10(14(17)8-12)9-18-11-4-6-15(20-2)13(16)7-11/h3-8,18H,9H2,1-2H3. The molecule has 0 bridgehead atoms. The Kier molecular flexibility index (Phi) is 4.69. The van der Waals surface area contributed by atoms with Crippen molar-refractivity contribution in [2.24, 2.45) is 0 Å². The normalized spacial score (nSPS) is 10.2. The molecule has 0 aliphatic heterocycles. The van der Waals surface area contributed by atoms with E-state index in [0.29, 0.717) is 28.6 Å². The highest BCUT2D eigenvalue weighted by atomic mass is 35.5. The first-order chi connectivity index (χ1) is 9.63. The lowest BCUT2D eigenvalue weighted by atomic mass is 10.2. The predicted octanol–water partition coefficient (Wildman–Crippen LogP) is 4.11. The maximum Gasteiger partial charge on any atom is 0.137 e. The van der Waals surface area contributed by atoms with Gasteiger partial charge in [0.05, 0.1) is 19.2 Å². The van der Waals surface area contributed by atoms with Crippen molar-refractivity contribution in [3.63, 3.8) is 0 Å². The number of rotatable bonds is 5. The van der Waals surface area contributed by atoms with Crippen LogP contribution in [-0.2, 0) is 6.54 Å². The van der Waals surface area contributed by atoms with Gasteiger partial charge in [0.25, 0.3) is 0 Å². The average Bonchev–Trinajstić information content (AvgIpc) is 2.46. The molecule has 0 unspecified atom stereocenters. The molecule has 106 valence electrons. The number of ether oxygens (including phenoxy) is 2. The molecular formula is C15H15ClFNO2. The molecule has 0 fully saturated rings. The fraction of sp³-hybridized carbons (Fsp3) is 0.200. The van der Waals surface area contributed by atoms with Crippen LogP contribution >= 0.6 is 11.6 Å². The molecule has 0 aliphatic carbocycles. The summed E-state index contributed by atoms with van der Waals surface area (Å²) in [6, 6.07) is 10.1. The molecule has 0 aliphatic rings. The first-order valence-corrected chi connectivity index (χ1v) is 6.41. The van der Waals surface area contributed by atoms with Crippen LogP contribution in [0.15, 0.2) is 36.4 Å².